The van der Waals surface area contributed by atoms with Crippen molar-refractivity contribution in [1.29, 1.82) is 0 Å². The van der Waals surface area contributed by atoms with Crippen LogP contribution < -0.4 is 20.7 Å². The number of aromatic nitrogens is 2. The molecule has 12 heteroatoms. The molecule has 0 unspecified atom stereocenters. The highest BCUT2D eigenvalue weighted by Gasteiger charge is 2.30. The number of benzene rings is 1. The second-order valence-electron chi connectivity index (χ2n) is 8.64. The number of pyridine rings is 2. The summed E-state index contributed by atoms with van der Waals surface area (Å²) in [4.78, 5) is 33.4. The fourth-order valence-corrected chi connectivity index (χ4v) is 4.47. The summed E-state index contributed by atoms with van der Waals surface area (Å²) < 4.78 is 31.6. The van der Waals surface area contributed by atoms with Crippen molar-refractivity contribution in [3.05, 3.63) is 54.4 Å². The van der Waals surface area contributed by atoms with Crippen LogP contribution in [0.3, 0.4) is 0 Å². The van der Waals surface area contributed by atoms with Gasteiger partial charge in [0.15, 0.2) is 5.75 Å². The van der Waals surface area contributed by atoms with Crippen molar-refractivity contribution in [3.63, 3.8) is 0 Å². The van der Waals surface area contributed by atoms with Crippen LogP contribution in [-0.2, 0) is 14.8 Å². The number of hydrogen-bond acceptors (Lipinski definition) is 8. The second kappa shape index (κ2) is 10.5. The number of sulfonamides is 1. The zero-order valence-electron chi connectivity index (χ0n) is 20.9. The lowest BCUT2D eigenvalue weighted by molar-refractivity contribution is -0.117. The number of hydrogen-bond donors (Lipinski definition) is 3. The zero-order chi connectivity index (χ0) is 26.7. The minimum atomic E-state index is -3.62. The molecule has 3 N–H and O–H groups in total. The van der Waals surface area contributed by atoms with E-state index in [-0.39, 0.29) is 28.2 Å². The van der Waals surface area contributed by atoms with Gasteiger partial charge in [0, 0.05) is 51.1 Å². The molecule has 1 saturated carbocycles. The first kappa shape index (κ1) is 26.0. The van der Waals surface area contributed by atoms with E-state index in [1.54, 1.807) is 30.3 Å². The molecule has 0 bridgehead atoms. The molecule has 194 valence electrons. The quantitative estimate of drug-likeness (QED) is 0.388. The number of methoxy groups -OCH3 is 1. The molecule has 37 heavy (non-hydrogen) atoms. The third kappa shape index (κ3) is 5.54. The van der Waals surface area contributed by atoms with Gasteiger partial charge < -0.3 is 20.7 Å². The highest BCUT2D eigenvalue weighted by Crippen LogP contribution is 2.38. The minimum Gasteiger partial charge on any atom is -0.494 e. The van der Waals surface area contributed by atoms with Gasteiger partial charge in [0.05, 0.1) is 29.7 Å². The Labute approximate surface area is 215 Å². The Hall–Kier alpha value is -4.03. The monoisotopic (exact) mass is 524 g/mol. The molecule has 0 saturated heterocycles. The van der Waals surface area contributed by atoms with Crippen LogP contribution in [-0.4, -0.2) is 62.8 Å². The Morgan fingerprint density at radius 3 is 2.41 bits per heavy atom. The van der Waals surface area contributed by atoms with Crippen LogP contribution in [0.15, 0.2) is 53.7 Å². The van der Waals surface area contributed by atoms with Gasteiger partial charge in [-0.15, -0.1) is 0 Å². The van der Waals surface area contributed by atoms with Crippen LogP contribution in [0.2, 0.25) is 0 Å². The molecule has 4 rings (SSSR count). The van der Waals surface area contributed by atoms with Crippen LogP contribution >= 0.6 is 0 Å². The van der Waals surface area contributed by atoms with Gasteiger partial charge in [-0.1, -0.05) is 6.07 Å². The number of para-hydroxylation sites is 1. The van der Waals surface area contributed by atoms with Crippen molar-refractivity contribution >= 4 is 39.0 Å². The molecule has 1 fully saturated rings. The van der Waals surface area contributed by atoms with Crippen LogP contribution in [0.4, 0.5) is 17.2 Å². The van der Waals surface area contributed by atoms with E-state index in [1.165, 1.54) is 46.7 Å². The maximum absolute atomic E-state index is 12.5. The number of nitrogens with one attached hydrogen (secondary N) is 3. The molecule has 2 heterocycles. The largest absolute Gasteiger partial charge is 0.494 e. The fraction of sp³-hybridized carbons (Fsp3) is 0.280. The lowest BCUT2D eigenvalue weighted by Crippen LogP contribution is -2.22. The predicted octanol–water partition coefficient (Wildman–Crippen LogP) is 2.85. The van der Waals surface area contributed by atoms with E-state index in [0.29, 0.717) is 34.2 Å². The topological polar surface area (TPSA) is 143 Å². The molecule has 0 spiro atoms. The molecule has 2 aromatic heterocycles. The molecule has 0 atom stereocenters. The lowest BCUT2D eigenvalue weighted by atomic mass is 10.1. The van der Waals surface area contributed by atoms with E-state index in [1.807, 2.05) is 0 Å². The van der Waals surface area contributed by atoms with E-state index in [2.05, 4.69) is 25.9 Å². The molecular weight excluding hydrogens is 496 g/mol. The molecule has 2 amide bonds. The second-order valence-corrected chi connectivity index (χ2v) is 10.8. The molecule has 1 aromatic carbocycles. The maximum Gasteiger partial charge on any atom is 0.254 e. The van der Waals surface area contributed by atoms with Crippen molar-refractivity contribution in [2.75, 3.05) is 38.9 Å². The summed E-state index contributed by atoms with van der Waals surface area (Å²) in [6, 6.07) is 10.0. The average Bonchev–Trinajstić information content (AvgIpc) is 3.74. The SMILES string of the molecule is CNC(=O)c1cnc(NC(=O)C2CC2)cc1Nc1cccc(-c2ccc(S(=O)(=O)N(C)C)cn2)c1OC. The summed E-state index contributed by atoms with van der Waals surface area (Å²) in [5, 5.41) is 8.60. The number of nitrogens with zero attached hydrogens (tertiary/aromatic N) is 3. The zero-order valence-corrected chi connectivity index (χ0v) is 21.7. The van der Waals surface area contributed by atoms with Crippen LogP contribution in [0.5, 0.6) is 5.75 Å². The standard InChI is InChI=1S/C25H28N6O5S/c1-26-25(33)18-14-28-22(30-24(32)15-8-9-15)12-21(18)29-20-7-5-6-17(23(20)36-4)19-11-10-16(13-27-19)37(34,35)31(2)3/h5-7,10-15H,8-9H2,1-4H3,(H,26,33)(H2,28,29,30,32). The van der Waals surface area contributed by atoms with Crippen LogP contribution in [0.1, 0.15) is 23.2 Å². The van der Waals surface area contributed by atoms with Gasteiger partial charge in [0.1, 0.15) is 10.7 Å². The Morgan fingerprint density at radius 2 is 1.81 bits per heavy atom. The summed E-state index contributed by atoms with van der Waals surface area (Å²) in [7, 11) is 2.31. The molecule has 1 aliphatic carbocycles. The van der Waals surface area contributed by atoms with E-state index in [0.717, 1.165) is 17.1 Å². The molecule has 0 radical (unpaired) electrons. The number of carbonyl (C=O) groups excluding carboxylic acids is 2. The van der Waals surface area contributed by atoms with Gasteiger partial charge in [-0.2, -0.15) is 0 Å². The Morgan fingerprint density at radius 1 is 1.05 bits per heavy atom. The third-order valence-electron chi connectivity index (χ3n) is 5.85. The van der Waals surface area contributed by atoms with Gasteiger partial charge in [0.25, 0.3) is 5.91 Å². The Kier molecular flexibility index (Phi) is 7.41. The molecule has 3 aromatic rings. The van der Waals surface area contributed by atoms with E-state index in [4.69, 9.17) is 4.74 Å². The smallest absolute Gasteiger partial charge is 0.254 e. The lowest BCUT2D eigenvalue weighted by Gasteiger charge is -2.17. The first-order valence-electron chi connectivity index (χ1n) is 11.5. The van der Waals surface area contributed by atoms with Crippen molar-refractivity contribution in [3.8, 4) is 17.0 Å². The first-order valence-corrected chi connectivity index (χ1v) is 13.0. The normalized spacial score (nSPS) is 13.2. The van der Waals surface area contributed by atoms with Crippen molar-refractivity contribution in [2.24, 2.45) is 5.92 Å². The number of amides is 2. The number of anilines is 3. The van der Waals surface area contributed by atoms with Gasteiger partial charge >= 0.3 is 0 Å². The number of ether oxygens (including phenoxy) is 1. The summed E-state index contributed by atoms with van der Waals surface area (Å²) in [6.07, 6.45) is 4.40. The Bertz CT molecular complexity index is 1440. The fourth-order valence-electron chi connectivity index (χ4n) is 3.62. The summed E-state index contributed by atoms with van der Waals surface area (Å²) >= 11 is 0. The average molecular weight is 525 g/mol. The van der Waals surface area contributed by atoms with Gasteiger partial charge in [0.2, 0.25) is 15.9 Å². The first-order chi connectivity index (χ1) is 17.6. The Balaban J connectivity index is 1.70. The highest BCUT2D eigenvalue weighted by molar-refractivity contribution is 7.89. The molecule has 1 aliphatic rings. The predicted molar refractivity (Wildman–Crippen MR) is 139 cm³/mol. The number of carbonyl (C=O) groups is 2. The number of rotatable bonds is 9. The van der Waals surface area contributed by atoms with Crippen molar-refractivity contribution in [2.45, 2.75) is 17.7 Å². The van der Waals surface area contributed by atoms with Crippen LogP contribution in [0.25, 0.3) is 11.3 Å². The van der Waals surface area contributed by atoms with Gasteiger partial charge in [-0.25, -0.2) is 17.7 Å². The minimum absolute atomic E-state index is 0.000188. The summed E-state index contributed by atoms with van der Waals surface area (Å²) in [5.41, 5.74) is 2.32. The van der Waals surface area contributed by atoms with Gasteiger partial charge in [-0.3, -0.25) is 14.6 Å². The van der Waals surface area contributed by atoms with E-state index < -0.39 is 10.0 Å². The highest BCUT2D eigenvalue weighted by atomic mass is 32.2. The molecule has 0 aliphatic heterocycles. The van der Waals surface area contributed by atoms with Gasteiger partial charge in [-0.05, 0) is 37.1 Å². The van der Waals surface area contributed by atoms with Crippen molar-refractivity contribution in [1.82, 2.24) is 19.6 Å². The van der Waals surface area contributed by atoms with Crippen LogP contribution in [0, 0.1) is 5.92 Å². The summed E-state index contributed by atoms with van der Waals surface area (Å²) in [6.45, 7) is 0. The van der Waals surface area contributed by atoms with E-state index in [9.17, 15) is 18.0 Å². The molecule has 11 nitrogen and oxygen atoms in total. The maximum atomic E-state index is 12.5. The molecular formula is C25H28N6O5S. The summed E-state index contributed by atoms with van der Waals surface area (Å²) in [5.74, 6) is 0.296. The van der Waals surface area contributed by atoms with E-state index >= 15 is 0 Å². The third-order valence-corrected chi connectivity index (χ3v) is 7.65. The van der Waals surface area contributed by atoms with Crippen molar-refractivity contribution < 1.29 is 22.7 Å².